The monoisotopic (exact) mass is 297 g/mol. The average Bonchev–Trinajstić information content (AvgIpc) is 2.88. The smallest absolute Gasteiger partial charge is 0.151 e. The summed E-state index contributed by atoms with van der Waals surface area (Å²) in [5.74, 6) is 1.27. The maximum atomic E-state index is 10.0. The van der Waals surface area contributed by atoms with Crippen LogP contribution in [0.4, 0.5) is 5.82 Å². The number of aromatic amines is 1. The van der Waals surface area contributed by atoms with Gasteiger partial charge in [-0.15, -0.1) is 0 Å². The molecule has 0 spiro atoms. The fourth-order valence-electron chi connectivity index (χ4n) is 2.09. The van der Waals surface area contributed by atoms with Crippen LogP contribution in [0.15, 0.2) is 12.5 Å². The minimum Gasteiger partial charge on any atom is -0.394 e. The Morgan fingerprint density at radius 1 is 1.50 bits per heavy atom. The summed E-state index contributed by atoms with van der Waals surface area (Å²) < 4.78 is 0. The molecule has 0 aliphatic rings. The van der Waals surface area contributed by atoms with Gasteiger partial charge in [-0.25, -0.2) is 9.97 Å². The van der Waals surface area contributed by atoms with E-state index >= 15 is 0 Å². The van der Waals surface area contributed by atoms with Gasteiger partial charge in [-0.3, -0.25) is 0 Å². The first-order chi connectivity index (χ1) is 9.69. The zero-order valence-corrected chi connectivity index (χ0v) is 12.0. The highest BCUT2D eigenvalue weighted by Gasteiger charge is 2.24. The molecule has 2 aromatic rings. The average molecular weight is 297 g/mol. The summed E-state index contributed by atoms with van der Waals surface area (Å²) in [5, 5.41) is 22.5. The third kappa shape index (κ3) is 3.04. The van der Waals surface area contributed by atoms with Crippen molar-refractivity contribution in [2.24, 2.45) is 0 Å². The Labute approximate surface area is 121 Å². The van der Waals surface area contributed by atoms with Crippen molar-refractivity contribution in [2.75, 3.05) is 30.9 Å². The molecule has 7 nitrogen and oxygen atoms in total. The van der Waals surface area contributed by atoms with Crippen LogP contribution in [-0.2, 0) is 0 Å². The van der Waals surface area contributed by atoms with Crippen LogP contribution in [0.5, 0.6) is 0 Å². The fraction of sp³-hybridized carbons (Fsp3) is 0.500. The Hall–Kier alpha value is -1.35. The Morgan fingerprint density at radius 2 is 2.30 bits per heavy atom. The lowest BCUT2D eigenvalue weighted by molar-refractivity contribution is 0.0635. The van der Waals surface area contributed by atoms with Gasteiger partial charge in [0.25, 0.3) is 0 Å². The third-order valence-corrected chi connectivity index (χ3v) is 3.71. The molecule has 2 atom stereocenters. The van der Waals surface area contributed by atoms with Crippen LogP contribution in [0.2, 0.25) is 0 Å². The van der Waals surface area contributed by atoms with Gasteiger partial charge >= 0.3 is 0 Å². The Balaban J connectivity index is 2.32. The van der Waals surface area contributed by atoms with E-state index in [2.05, 4.69) is 20.3 Å². The van der Waals surface area contributed by atoms with Gasteiger partial charge in [0, 0.05) is 24.1 Å². The molecule has 2 heterocycles. The molecule has 6 N–H and O–H groups in total. The number of nitrogens with zero attached hydrogens (tertiary/aromatic N) is 2. The summed E-state index contributed by atoms with van der Waals surface area (Å²) in [6.45, 7) is 0.389. The van der Waals surface area contributed by atoms with Gasteiger partial charge in [0.1, 0.15) is 11.8 Å². The lowest BCUT2D eigenvalue weighted by Gasteiger charge is -2.22. The first kappa shape index (κ1) is 15.0. The predicted octanol–water partition coefficient (Wildman–Crippen LogP) is -0.113. The summed E-state index contributed by atoms with van der Waals surface area (Å²) in [6.07, 6.45) is 4.23. The van der Waals surface area contributed by atoms with Crippen LogP contribution < -0.4 is 11.1 Å². The number of nitrogen functional groups attached to an aromatic ring is 1. The fourth-order valence-corrected chi connectivity index (χ4v) is 2.41. The van der Waals surface area contributed by atoms with Gasteiger partial charge in [0.2, 0.25) is 0 Å². The van der Waals surface area contributed by atoms with E-state index < -0.39 is 12.1 Å². The van der Waals surface area contributed by atoms with E-state index in [0.717, 1.165) is 17.9 Å². The van der Waals surface area contributed by atoms with Gasteiger partial charge in [-0.1, -0.05) is 0 Å². The summed E-state index contributed by atoms with van der Waals surface area (Å²) in [5.41, 5.74) is 7.86. The Bertz CT molecular complexity index is 562. The summed E-state index contributed by atoms with van der Waals surface area (Å²) >= 11 is 1.71. The molecule has 0 saturated heterocycles. The Morgan fingerprint density at radius 3 is 3.00 bits per heavy atom. The SMILES string of the molecule is CSCCNC(c1c[nH]c2c(N)ncnc12)C(O)CO. The number of nitrogens with one attached hydrogen (secondary N) is 2. The number of fused-ring (bicyclic) bond motifs is 1. The van der Waals surface area contributed by atoms with Crippen LogP contribution in [0.1, 0.15) is 11.6 Å². The minimum atomic E-state index is -0.910. The molecule has 20 heavy (non-hydrogen) atoms. The van der Waals surface area contributed by atoms with Crippen LogP contribution in [0, 0.1) is 0 Å². The van der Waals surface area contributed by atoms with Crippen molar-refractivity contribution in [3.05, 3.63) is 18.1 Å². The van der Waals surface area contributed by atoms with Crippen molar-refractivity contribution < 1.29 is 10.2 Å². The van der Waals surface area contributed by atoms with Crippen LogP contribution in [0.25, 0.3) is 11.0 Å². The number of aliphatic hydroxyl groups excluding tert-OH is 2. The molecule has 0 aliphatic carbocycles. The zero-order valence-electron chi connectivity index (χ0n) is 11.2. The molecule has 0 bridgehead atoms. The number of thioether (sulfide) groups is 1. The van der Waals surface area contributed by atoms with Crippen molar-refractivity contribution >= 4 is 28.6 Å². The van der Waals surface area contributed by atoms with Gasteiger partial charge in [-0.05, 0) is 6.26 Å². The second kappa shape index (κ2) is 6.89. The first-order valence-corrected chi connectivity index (χ1v) is 7.67. The molecule has 0 radical (unpaired) electrons. The van der Waals surface area contributed by atoms with E-state index in [4.69, 9.17) is 5.73 Å². The second-order valence-electron chi connectivity index (χ2n) is 4.40. The number of anilines is 1. The standard InChI is InChI=1S/C12H19N5O2S/c1-20-3-2-14-9(8(19)5-18)7-4-15-11-10(7)16-6-17-12(11)13/h4,6,8-9,14-15,18-19H,2-3,5H2,1H3,(H2,13,16,17). The van der Waals surface area contributed by atoms with Crippen LogP contribution >= 0.6 is 11.8 Å². The summed E-state index contributed by atoms with van der Waals surface area (Å²) in [7, 11) is 0. The van der Waals surface area contributed by atoms with E-state index in [1.165, 1.54) is 6.33 Å². The maximum Gasteiger partial charge on any atom is 0.151 e. The number of aromatic nitrogens is 3. The highest BCUT2D eigenvalue weighted by molar-refractivity contribution is 7.98. The van der Waals surface area contributed by atoms with Gasteiger partial charge in [-0.2, -0.15) is 11.8 Å². The summed E-state index contributed by atoms with van der Waals surface area (Å²) in [6, 6.07) is -0.407. The van der Waals surface area contributed by atoms with E-state index in [0.29, 0.717) is 16.9 Å². The molecule has 2 rings (SSSR count). The molecule has 110 valence electrons. The van der Waals surface area contributed by atoms with E-state index in [1.54, 1.807) is 18.0 Å². The highest BCUT2D eigenvalue weighted by Crippen LogP contribution is 2.26. The lowest BCUT2D eigenvalue weighted by atomic mass is 10.0. The number of H-pyrrole nitrogens is 1. The van der Waals surface area contributed by atoms with Gasteiger partial charge in [0.05, 0.1) is 24.3 Å². The van der Waals surface area contributed by atoms with E-state index in [1.807, 2.05) is 6.26 Å². The largest absolute Gasteiger partial charge is 0.394 e. The molecular weight excluding hydrogens is 278 g/mol. The lowest BCUT2D eigenvalue weighted by Crippen LogP contribution is -2.35. The quantitative estimate of drug-likeness (QED) is 0.452. The molecule has 2 unspecified atom stereocenters. The number of nitrogens with two attached hydrogens (primary N) is 1. The van der Waals surface area contributed by atoms with Crippen LogP contribution in [-0.4, -0.2) is 56.4 Å². The number of rotatable bonds is 7. The normalized spacial score (nSPS) is 14.6. The highest BCUT2D eigenvalue weighted by atomic mass is 32.2. The predicted molar refractivity (Wildman–Crippen MR) is 80.5 cm³/mol. The maximum absolute atomic E-state index is 10.0. The molecule has 0 saturated carbocycles. The van der Waals surface area contributed by atoms with Crippen LogP contribution in [0.3, 0.4) is 0 Å². The number of aliphatic hydroxyl groups is 2. The van der Waals surface area contributed by atoms with Crippen molar-refractivity contribution in [1.82, 2.24) is 20.3 Å². The molecule has 0 aliphatic heterocycles. The van der Waals surface area contributed by atoms with E-state index in [9.17, 15) is 10.2 Å². The van der Waals surface area contributed by atoms with E-state index in [-0.39, 0.29) is 6.61 Å². The zero-order chi connectivity index (χ0) is 14.5. The molecule has 0 fully saturated rings. The molecule has 0 amide bonds. The van der Waals surface area contributed by atoms with Crippen molar-refractivity contribution in [3.8, 4) is 0 Å². The van der Waals surface area contributed by atoms with Gasteiger partial charge < -0.3 is 26.2 Å². The number of hydrogen-bond acceptors (Lipinski definition) is 7. The third-order valence-electron chi connectivity index (χ3n) is 3.10. The number of hydrogen-bond donors (Lipinski definition) is 5. The van der Waals surface area contributed by atoms with Gasteiger partial charge in [0.15, 0.2) is 5.82 Å². The summed E-state index contributed by atoms with van der Waals surface area (Å²) in [4.78, 5) is 11.1. The topological polar surface area (TPSA) is 120 Å². The molecular formula is C12H19N5O2S. The first-order valence-electron chi connectivity index (χ1n) is 6.27. The second-order valence-corrected chi connectivity index (χ2v) is 5.39. The Kier molecular flexibility index (Phi) is 5.18. The van der Waals surface area contributed by atoms with Crippen molar-refractivity contribution in [1.29, 1.82) is 0 Å². The minimum absolute atomic E-state index is 0.329. The molecule has 2 aromatic heterocycles. The van der Waals surface area contributed by atoms with Crippen molar-refractivity contribution in [2.45, 2.75) is 12.1 Å². The molecule has 0 aromatic carbocycles. The molecule has 8 heteroatoms. The van der Waals surface area contributed by atoms with Crippen molar-refractivity contribution in [3.63, 3.8) is 0 Å².